The number of likely N-dealkylation sites (N-methyl/N-ethyl adjacent to an activating group) is 1. The molecule has 39 heavy (non-hydrogen) atoms. The zero-order valence-corrected chi connectivity index (χ0v) is 22.3. The molecule has 4 aromatic rings. The van der Waals surface area contributed by atoms with Crippen molar-refractivity contribution in [1.29, 1.82) is 0 Å². The van der Waals surface area contributed by atoms with Gasteiger partial charge < -0.3 is 4.74 Å². The van der Waals surface area contributed by atoms with E-state index in [2.05, 4.69) is 10.4 Å². The molecule has 1 aliphatic carbocycles. The number of nitroso groups, excluding NO2 is 1. The number of benzene rings is 3. The molecule has 0 bridgehead atoms. The first-order chi connectivity index (χ1) is 18.8. The Labute approximate surface area is 227 Å². The van der Waals surface area contributed by atoms with Crippen LogP contribution in [-0.4, -0.2) is 33.6 Å². The summed E-state index contributed by atoms with van der Waals surface area (Å²) in [6, 6.07) is 25.4. The fraction of sp³-hybridized carbons (Fsp3) is 0.258. The largest absolute Gasteiger partial charge is 0.443 e. The first-order valence-corrected chi connectivity index (χ1v) is 13.1. The van der Waals surface area contributed by atoms with E-state index in [0.717, 1.165) is 33.4 Å². The molecular formula is C31H31N4O4+. The third kappa shape index (κ3) is 5.23. The lowest BCUT2D eigenvalue weighted by atomic mass is 9.92. The van der Waals surface area contributed by atoms with E-state index >= 15 is 0 Å². The van der Waals surface area contributed by atoms with Crippen LogP contribution in [0.25, 0.3) is 22.3 Å². The van der Waals surface area contributed by atoms with Crippen molar-refractivity contribution in [3.8, 4) is 22.3 Å². The van der Waals surface area contributed by atoms with Gasteiger partial charge in [0.1, 0.15) is 17.3 Å². The first-order valence-electron chi connectivity index (χ1n) is 13.1. The number of aromatic nitrogens is 2. The molecule has 198 valence electrons. The molecule has 1 fully saturated rings. The van der Waals surface area contributed by atoms with Crippen molar-refractivity contribution in [2.24, 2.45) is 0 Å². The second kappa shape index (κ2) is 10.6. The number of ether oxygens (including phenoxy) is 1. The van der Waals surface area contributed by atoms with Crippen molar-refractivity contribution >= 4 is 17.8 Å². The molecule has 1 saturated carbocycles. The van der Waals surface area contributed by atoms with E-state index in [9.17, 15) is 14.5 Å². The van der Waals surface area contributed by atoms with Gasteiger partial charge in [0.05, 0.1) is 11.0 Å². The number of carbonyl (C=O) groups is 2. The Hall–Kier alpha value is -4.59. The Kier molecular flexibility index (Phi) is 7.11. The molecular weight excluding hydrogens is 492 g/mol. The highest BCUT2D eigenvalue weighted by Crippen LogP contribution is 2.49. The van der Waals surface area contributed by atoms with Gasteiger partial charge in [-0.3, -0.25) is 5.32 Å². The summed E-state index contributed by atoms with van der Waals surface area (Å²) in [6.45, 7) is 4.38. The van der Waals surface area contributed by atoms with Crippen LogP contribution in [0.5, 0.6) is 0 Å². The SMILES string of the molecule is CCn1ncc(-c2ccc(-c3ccc(C4(C(=O)[N+](C)=O)CC4)cc3)cc2)c1NC(=O)OC(C)c1ccccc1. The number of hydrogen-bond acceptors (Lipinski definition) is 5. The molecule has 1 unspecified atom stereocenters. The number of aryl methyl sites for hydroxylation is 1. The zero-order valence-electron chi connectivity index (χ0n) is 22.3. The van der Waals surface area contributed by atoms with Crippen LogP contribution in [0.2, 0.25) is 0 Å². The Bertz CT molecular complexity index is 1500. The third-order valence-corrected chi connectivity index (χ3v) is 7.32. The Morgan fingerprint density at radius 2 is 1.56 bits per heavy atom. The number of nitrogens with zero attached hydrogens (tertiary/aromatic N) is 3. The van der Waals surface area contributed by atoms with E-state index in [0.29, 0.717) is 30.0 Å². The summed E-state index contributed by atoms with van der Waals surface area (Å²) in [4.78, 5) is 36.7. The van der Waals surface area contributed by atoms with E-state index in [-0.39, 0.29) is 5.91 Å². The lowest BCUT2D eigenvalue weighted by Crippen LogP contribution is -2.28. The van der Waals surface area contributed by atoms with Crippen molar-refractivity contribution in [1.82, 2.24) is 9.78 Å². The molecule has 1 atom stereocenters. The highest BCUT2D eigenvalue weighted by molar-refractivity contribution is 5.90. The van der Waals surface area contributed by atoms with Crippen LogP contribution in [0, 0.1) is 4.91 Å². The van der Waals surface area contributed by atoms with Gasteiger partial charge in [0.25, 0.3) is 0 Å². The molecule has 0 spiro atoms. The minimum Gasteiger partial charge on any atom is -0.441 e. The van der Waals surface area contributed by atoms with Crippen molar-refractivity contribution in [3.63, 3.8) is 0 Å². The summed E-state index contributed by atoms with van der Waals surface area (Å²) in [5, 5.41) is 7.33. The van der Waals surface area contributed by atoms with Gasteiger partial charge in [-0.1, -0.05) is 78.9 Å². The molecule has 1 aromatic heterocycles. The Morgan fingerprint density at radius 1 is 0.974 bits per heavy atom. The monoisotopic (exact) mass is 523 g/mol. The molecule has 1 N–H and O–H groups in total. The highest BCUT2D eigenvalue weighted by atomic mass is 16.6. The average Bonchev–Trinajstić information content (AvgIpc) is 3.68. The summed E-state index contributed by atoms with van der Waals surface area (Å²) in [5.41, 5.74) is 4.84. The van der Waals surface area contributed by atoms with Crippen LogP contribution in [0.1, 0.15) is 43.9 Å². The molecule has 3 aromatic carbocycles. The maximum absolute atomic E-state index is 12.8. The van der Waals surface area contributed by atoms with Crippen LogP contribution in [-0.2, 0) is 21.5 Å². The predicted molar refractivity (Wildman–Crippen MR) is 149 cm³/mol. The molecule has 8 nitrogen and oxygen atoms in total. The summed E-state index contributed by atoms with van der Waals surface area (Å²) >= 11 is 0. The number of anilines is 1. The van der Waals surface area contributed by atoms with Crippen LogP contribution in [0.15, 0.2) is 85.1 Å². The number of rotatable bonds is 8. The fourth-order valence-corrected chi connectivity index (χ4v) is 4.92. The third-order valence-electron chi connectivity index (χ3n) is 7.32. The number of carbonyl (C=O) groups excluding carboxylic acids is 2. The number of hydrogen-bond donors (Lipinski definition) is 1. The van der Waals surface area contributed by atoms with Gasteiger partial charge >= 0.3 is 12.0 Å². The molecule has 5 rings (SSSR count). The molecule has 8 heteroatoms. The quantitative estimate of drug-likeness (QED) is 0.266. The van der Waals surface area contributed by atoms with E-state index in [1.54, 1.807) is 10.9 Å². The van der Waals surface area contributed by atoms with Crippen LogP contribution in [0.4, 0.5) is 10.6 Å². The van der Waals surface area contributed by atoms with E-state index in [4.69, 9.17) is 4.74 Å². The minimum atomic E-state index is -0.665. The topological polar surface area (TPSA) is 93.3 Å². The summed E-state index contributed by atoms with van der Waals surface area (Å²) in [7, 11) is 1.26. The van der Waals surface area contributed by atoms with E-state index in [1.807, 2.05) is 92.7 Å². The van der Waals surface area contributed by atoms with Gasteiger partial charge in [-0.05, 0) is 54.5 Å². The molecule has 0 radical (unpaired) electrons. The van der Waals surface area contributed by atoms with Crippen molar-refractivity contribution < 1.29 is 19.1 Å². The zero-order chi connectivity index (χ0) is 27.6. The number of amides is 2. The van der Waals surface area contributed by atoms with E-state index in [1.165, 1.54) is 7.05 Å². The Balaban J connectivity index is 1.32. The molecule has 0 saturated heterocycles. The van der Waals surface area contributed by atoms with Crippen molar-refractivity contribution in [2.45, 2.75) is 44.8 Å². The average molecular weight is 524 g/mol. The second-order valence-electron chi connectivity index (χ2n) is 9.85. The lowest BCUT2D eigenvalue weighted by Gasteiger charge is -2.15. The van der Waals surface area contributed by atoms with E-state index < -0.39 is 17.6 Å². The summed E-state index contributed by atoms with van der Waals surface area (Å²) < 4.78 is 7.77. The molecule has 2 amide bonds. The molecule has 1 heterocycles. The second-order valence-corrected chi connectivity index (χ2v) is 9.85. The highest BCUT2D eigenvalue weighted by Gasteiger charge is 2.58. The van der Waals surface area contributed by atoms with Gasteiger partial charge in [0.15, 0.2) is 7.05 Å². The van der Waals surface area contributed by atoms with Gasteiger partial charge in [0, 0.05) is 17.0 Å². The smallest absolute Gasteiger partial charge is 0.441 e. The van der Waals surface area contributed by atoms with Crippen molar-refractivity contribution in [2.75, 3.05) is 12.4 Å². The summed E-state index contributed by atoms with van der Waals surface area (Å²) in [6.07, 6.45) is 2.20. The lowest BCUT2D eigenvalue weighted by molar-refractivity contribution is -0.442. The first kappa shape index (κ1) is 26.0. The molecule has 0 aliphatic heterocycles. The number of nitrogens with one attached hydrogen (secondary N) is 1. The predicted octanol–water partition coefficient (Wildman–Crippen LogP) is 6.51. The van der Waals surface area contributed by atoms with Crippen LogP contribution >= 0.6 is 0 Å². The van der Waals surface area contributed by atoms with Crippen LogP contribution < -0.4 is 5.32 Å². The van der Waals surface area contributed by atoms with Gasteiger partial charge in [0.2, 0.25) is 0 Å². The summed E-state index contributed by atoms with van der Waals surface area (Å²) in [5.74, 6) is 0.192. The Morgan fingerprint density at radius 3 is 2.13 bits per heavy atom. The minimum absolute atomic E-state index is 0.380. The maximum Gasteiger partial charge on any atom is 0.443 e. The van der Waals surface area contributed by atoms with Gasteiger partial charge in [-0.25, -0.2) is 14.3 Å². The van der Waals surface area contributed by atoms with Gasteiger partial charge in [-0.2, -0.15) is 5.10 Å². The normalized spacial score (nSPS) is 14.3. The molecule has 1 aliphatic rings. The van der Waals surface area contributed by atoms with Gasteiger partial charge in [-0.15, -0.1) is 0 Å². The van der Waals surface area contributed by atoms with Crippen LogP contribution in [0.3, 0.4) is 0 Å². The standard InChI is InChI=1S/C31H30N4O4/c1-4-35-28(33-30(37)39-21(2)22-8-6-5-7-9-22)27(20-32-35)25-12-10-23(11-13-25)24-14-16-26(17-15-24)31(18-19-31)29(36)34(3)38/h5-17,20-21H,4,18-19H2,1-3H3/p+1. The maximum atomic E-state index is 12.8. The van der Waals surface area contributed by atoms with Crippen molar-refractivity contribution in [3.05, 3.63) is 101 Å². The fourth-order valence-electron chi connectivity index (χ4n) is 4.92.